The third-order valence-corrected chi connectivity index (χ3v) is 4.29. The highest BCUT2D eigenvalue weighted by Crippen LogP contribution is 2.24. The molecular formula is C12H10Cl2N4S. The van der Waals surface area contributed by atoms with Gasteiger partial charge in [-0.3, -0.25) is 4.57 Å². The summed E-state index contributed by atoms with van der Waals surface area (Å²) >= 11 is 13.4. The van der Waals surface area contributed by atoms with Gasteiger partial charge in [-0.2, -0.15) is 0 Å². The zero-order valence-corrected chi connectivity index (χ0v) is 12.1. The van der Waals surface area contributed by atoms with E-state index in [0.717, 1.165) is 16.4 Å². The third kappa shape index (κ3) is 2.54. The van der Waals surface area contributed by atoms with Crippen molar-refractivity contribution in [1.82, 2.24) is 14.5 Å². The van der Waals surface area contributed by atoms with Crippen LogP contribution in [-0.4, -0.2) is 14.5 Å². The highest BCUT2D eigenvalue weighted by atomic mass is 35.5. The lowest BCUT2D eigenvalue weighted by Gasteiger charge is -2.04. The minimum Gasteiger partial charge on any atom is -0.369 e. The number of aryl methyl sites for hydroxylation is 2. The van der Waals surface area contributed by atoms with Crippen molar-refractivity contribution in [3.63, 3.8) is 0 Å². The third-order valence-electron chi connectivity index (χ3n) is 2.79. The van der Waals surface area contributed by atoms with Gasteiger partial charge in [-0.05, 0) is 24.6 Å². The smallest absolute Gasteiger partial charge is 0.202 e. The van der Waals surface area contributed by atoms with Crippen molar-refractivity contribution in [2.75, 3.05) is 5.73 Å². The number of thiophene rings is 1. The summed E-state index contributed by atoms with van der Waals surface area (Å²) in [7, 11) is 0. The standard InChI is InChI=1S/C12H10Cl2N4S/c13-7-5-9-11(16-6-7)18(12(15)17-9)4-3-8-1-2-10(14)19-8/h1-2,5-6H,3-4H2,(H2,15,17). The molecule has 3 aromatic rings. The maximum absolute atomic E-state index is 5.92. The molecule has 0 unspecified atom stereocenters. The second kappa shape index (κ2) is 5.00. The van der Waals surface area contributed by atoms with E-state index >= 15 is 0 Å². The second-order valence-corrected chi connectivity index (χ2v) is 6.31. The summed E-state index contributed by atoms with van der Waals surface area (Å²) in [6.45, 7) is 0.716. The van der Waals surface area contributed by atoms with Gasteiger partial charge in [0.2, 0.25) is 5.95 Å². The Balaban J connectivity index is 1.90. The van der Waals surface area contributed by atoms with E-state index in [9.17, 15) is 0 Å². The van der Waals surface area contributed by atoms with E-state index in [4.69, 9.17) is 28.9 Å². The Morgan fingerprint density at radius 2 is 2.16 bits per heavy atom. The van der Waals surface area contributed by atoms with Crippen LogP contribution in [0.5, 0.6) is 0 Å². The fourth-order valence-corrected chi connectivity index (χ4v) is 3.16. The van der Waals surface area contributed by atoms with Gasteiger partial charge in [0.15, 0.2) is 5.65 Å². The molecule has 4 nitrogen and oxygen atoms in total. The van der Waals surface area contributed by atoms with Crippen LogP contribution in [0.4, 0.5) is 5.95 Å². The van der Waals surface area contributed by atoms with Crippen molar-refractivity contribution in [3.05, 3.63) is 38.6 Å². The van der Waals surface area contributed by atoms with Gasteiger partial charge in [0.25, 0.3) is 0 Å². The quantitative estimate of drug-likeness (QED) is 0.803. The molecule has 0 saturated carbocycles. The molecule has 3 heterocycles. The van der Waals surface area contributed by atoms with Crippen molar-refractivity contribution < 1.29 is 0 Å². The van der Waals surface area contributed by atoms with Gasteiger partial charge in [0, 0.05) is 17.6 Å². The summed E-state index contributed by atoms with van der Waals surface area (Å²) in [5, 5.41) is 0.558. The average molecular weight is 313 g/mol. The summed E-state index contributed by atoms with van der Waals surface area (Å²) in [6, 6.07) is 5.68. The van der Waals surface area contributed by atoms with Crippen molar-refractivity contribution in [1.29, 1.82) is 0 Å². The number of halogens is 2. The van der Waals surface area contributed by atoms with E-state index in [1.165, 1.54) is 4.88 Å². The van der Waals surface area contributed by atoms with E-state index in [1.807, 2.05) is 16.7 Å². The molecule has 0 aliphatic carbocycles. The number of nitrogens with zero attached hydrogens (tertiary/aromatic N) is 3. The molecule has 7 heteroatoms. The van der Waals surface area contributed by atoms with Gasteiger partial charge in [0.1, 0.15) is 5.52 Å². The summed E-state index contributed by atoms with van der Waals surface area (Å²) in [4.78, 5) is 9.76. The predicted molar refractivity (Wildman–Crippen MR) is 80.0 cm³/mol. The van der Waals surface area contributed by atoms with Crippen molar-refractivity contribution in [2.45, 2.75) is 13.0 Å². The van der Waals surface area contributed by atoms with Crippen LogP contribution in [0.2, 0.25) is 9.36 Å². The fourth-order valence-electron chi connectivity index (χ4n) is 1.93. The van der Waals surface area contributed by atoms with Crippen LogP contribution in [0.1, 0.15) is 4.88 Å². The molecule has 0 fully saturated rings. The Labute approximate surface area is 123 Å². The molecule has 0 spiro atoms. The van der Waals surface area contributed by atoms with Gasteiger partial charge < -0.3 is 5.73 Å². The Kier molecular flexibility index (Phi) is 3.35. The van der Waals surface area contributed by atoms with Crippen LogP contribution in [0.15, 0.2) is 24.4 Å². The van der Waals surface area contributed by atoms with Crippen LogP contribution in [0.25, 0.3) is 11.2 Å². The second-order valence-electron chi connectivity index (χ2n) is 4.07. The van der Waals surface area contributed by atoms with Gasteiger partial charge in [-0.15, -0.1) is 11.3 Å². The van der Waals surface area contributed by atoms with Crippen molar-refractivity contribution in [3.8, 4) is 0 Å². The van der Waals surface area contributed by atoms with E-state index in [-0.39, 0.29) is 0 Å². The topological polar surface area (TPSA) is 56.7 Å². The molecule has 0 atom stereocenters. The molecule has 0 aliphatic rings. The monoisotopic (exact) mass is 312 g/mol. The number of nitrogens with two attached hydrogens (primary N) is 1. The van der Waals surface area contributed by atoms with Crippen LogP contribution in [0.3, 0.4) is 0 Å². The number of fused-ring (bicyclic) bond motifs is 1. The highest BCUT2D eigenvalue weighted by molar-refractivity contribution is 7.16. The zero-order chi connectivity index (χ0) is 13.4. The van der Waals surface area contributed by atoms with Gasteiger partial charge >= 0.3 is 0 Å². The minimum absolute atomic E-state index is 0.451. The van der Waals surface area contributed by atoms with Crippen molar-refractivity contribution in [2.24, 2.45) is 0 Å². The maximum Gasteiger partial charge on any atom is 0.202 e. The number of hydrogen-bond donors (Lipinski definition) is 1. The minimum atomic E-state index is 0.451. The molecule has 0 radical (unpaired) electrons. The Morgan fingerprint density at radius 3 is 2.89 bits per heavy atom. The van der Waals surface area contributed by atoms with E-state index < -0.39 is 0 Å². The Hall–Kier alpha value is -1.30. The number of rotatable bonds is 3. The van der Waals surface area contributed by atoms with Crippen LogP contribution in [0, 0.1) is 0 Å². The SMILES string of the molecule is Nc1nc2cc(Cl)cnc2n1CCc1ccc(Cl)s1. The van der Waals surface area contributed by atoms with Gasteiger partial charge in [-0.25, -0.2) is 9.97 Å². The van der Waals surface area contributed by atoms with Crippen LogP contribution >= 0.6 is 34.5 Å². The first-order valence-electron chi connectivity index (χ1n) is 5.65. The first kappa shape index (κ1) is 12.7. The van der Waals surface area contributed by atoms with Crippen LogP contribution < -0.4 is 5.73 Å². The molecular weight excluding hydrogens is 303 g/mol. The number of hydrogen-bond acceptors (Lipinski definition) is 4. The molecule has 19 heavy (non-hydrogen) atoms. The molecule has 0 bridgehead atoms. The molecule has 98 valence electrons. The molecule has 0 aromatic carbocycles. The average Bonchev–Trinajstić information content (AvgIpc) is 2.89. The van der Waals surface area contributed by atoms with Gasteiger partial charge in [-0.1, -0.05) is 23.2 Å². The summed E-state index contributed by atoms with van der Waals surface area (Å²) in [5.74, 6) is 0.451. The molecule has 2 N–H and O–H groups in total. The first-order chi connectivity index (χ1) is 9.13. The molecule has 0 aliphatic heterocycles. The van der Waals surface area contributed by atoms with E-state index in [1.54, 1.807) is 23.6 Å². The lowest BCUT2D eigenvalue weighted by atomic mass is 10.3. The fraction of sp³-hybridized carbons (Fsp3) is 0.167. The molecule has 0 amide bonds. The summed E-state index contributed by atoms with van der Waals surface area (Å²) in [6.07, 6.45) is 2.45. The Morgan fingerprint density at radius 1 is 1.32 bits per heavy atom. The lowest BCUT2D eigenvalue weighted by Crippen LogP contribution is -2.05. The highest BCUT2D eigenvalue weighted by Gasteiger charge is 2.10. The number of nitrogen functional groups attached to an aromatic ring is 1. The Bertz CT molecular complexity index is 734. The lowest BCUT2D eigenvalue weighted by molar-refractivity contribution is 0.726. The zero-order valence-electron chi connectivity index (χ0n) is 9.81. The summed E-state index contributed by atoms with van der Waals surface area (Å²) in [5.41, 5.74) is 7.39. The first-order valence-corrected chi connectivity index (χ1v) is 7.22. The maximum atomic E-state index is 5.92. The molecule has 3 aromatic heterocycles. The van der Waals surface area contributed by atoms with E-state index in [2.05, 4.69) is 9.97 Å². The van der Waals surface area contributed by atoms with E-state index in [0.29, 0.717) is 23.0 Å². The number of anilines is 1. The molecule has 0 saturated heterocycles. The van der Waals surface area contributed by atoms with Crippen LogP contribution in [-0.2, 0) is 13.0 Å². The number of aromatic nitrogens is 3. The predicted octanol–water partition coefficient (Wildman–Crippen LogP) is 3.62. The number of imidazole rings is 1. The van der Waals surface area contributed by atoms with Crippen molar-refractivity contribution >= 4 is 51.7 Å². The molecule has 3 rings (SSSR count). The van der Waals surface area contributed by atoms with Gasteiger partial charge in [0.05, 0.1) is 9.36 Å². The summed E-state index contributed by atoms with van der Waals surface area (Å²) < 4.78 is 2.68. The largest absolute Gasteiger partial charge is 0.369 e. The number of pyridine rings is 1. The normalized spacial score (nSPS) is 11.3.